The molecule has 18 heavy (non-hydrogen) atoms. The Morgan fingerprint density at radius 2 is 1.78 bits per heavy atom. The van der Waals surface area contributed by atoms with E-state index in [1.165, 1.54) is 24.3 Å². The zero-order valence-electron chi connectivity index (χ0n) is 9.29. The van der Waals surface area contributed by atoms with E-state index in [-0.39, 0.29) is 23.6 Å². The van der Waals surface area contributed by atoms with E-state index in [2.05, 4.69) is 0 Å². The monoisotopic (exact) mass is 253 g/mol. The fourth-order valence-electron chi connectivity index (χ4n) is 1.45. The van der Waals surface area contributed by atoms with E-state index in [0.717, 1.165) is 12.1 Å². The molecule has 2 aromatic carbocycles. The lowest BCUT2D eigenvalue weighted by Gasteiger charge is -2.08. The highest BCUT2D eigenvalue weighted by molar-refractivity contribution is 5.42. The first-order valence-corrected chi connectivity index (χ1v) is 5.18. The number of benzene rings is 2. The quantitative estimate of drug-likeness (QED) is 0.852. The summed E-state index contributed by atoms with van der Waals surface area (Å²) in [5, 5.41) is 0. The zero-order valence-corrected chi connectivity index (χ0v) is 9.29. The normalized spacial score (nSPS) is 10.4. The maximum absolute atomic E-state index is 13.4. The van der Waals surface area contributed by atoms with Gasteiger partial charge in [0.2, 0.25) is 0 Å². The molecule has 2 rings (SSSR count). The molecule has 2 aromatic rings. The van der Waals surface area contributed by atoms with E-state index in [4.69, 9.17) is 10.5 Å². The minimum atomic E-state index is -0.992. The van der Waals surface area contributed by atoms with Crippen molar-refractivity contribution < 1.29 is 17.9 Å². The Morgan fingerprint density at radius 3 is 2.50 bits per heavy atom. The Bertz CT molecular complexity index is 572. The Balaban J connectivity index is 2.14. The largest absolute Gasteiger partial charge is 0.486 e. The van der Waals surface area contributed by atoms with Gasteiger partial charge in [-0.15, -0.1) is 0 Å². The van der Waals surface area contributed by atoms with Crippen LogP contribution < -0.4 is 10.5 Å². The van der Waals surface area contributed by atoms with Crippen molar-refractivity contribution in [3.05, 3.63) is 59.4 Å². The Morgan fingerprint density at radius 1 is 1.00 bits per heavy atom. The number of halogens is 3. The van der Waals surface area contributed by atoms with Crippen LogP contribution in [-0.4, -0.2) is 0 Å². The van der Waals surface area contributed by atoms with Crippen molar-refractivity contribution in [2.75, 3.05) is 5.73 Å². The third kappa shape index (κ3) is 2.56. The van der Waals surface area contributed by atoms with Crippen molar-refractivity contribution in [2.45, 2.75) is 6.61 Å². The van der Waals surface area contributed by atoms with Crippen LogP contribution in [0.15, 0.2) is 36.4 Å². The summed E-state index contributed by atoms with van der Waals surface area (Å²) in [6.45, 7) is -0.259. The molecule has 0 aliphatic heterocycles. The van der Waals surface area contributed by atoms with Gasteiger partial charge in [-0.3, -0.25) is 0 Å². The molecule has 94 valence electrons. The molecule has 0 atom stereocenters. The molecule has 0 unspecified atom stereocenters. The highest BCUT2D eigenvalue weighted by atomic mass is 19.2. The predicted octanol–water partition coefficient (Wildman–Crippen LogP) is 3.27. The molecule has 0 saturated carbocycles. The summed E-state index contributed by atoms with van der Waals surface area (Å²) in [5.41, 5.74) is 5.65. The summed E-state index contributed by atoms with van der Waals surface area (Å²) >= 11 is 0. The molecule has 0 heterocycles. The molecular formula is C13H10F3NO. The zero-order chi connectivity index (χ0) is 13.1. The van der Waals surface area contributed by atoms with Gasteiger partial charge in [0, 0.05) is 17.3 Å². The van der Waals surface area contributed by atoms with Gasteiger partial charge >= 0.3 is 0 Å². The van der Waals surface area contributed by atoms with E-state index in [1.54, 1.807) is 0 Å². The summed E-state index contributed by atoms with van der Waals surface area (Å²) in [4.78, 5) is 0. The van der Waals surface area contributed by atoms with Crippen molar-refractivity contribution >= 4 is 5.69 Å². The molecular weight excluding hydrogens is 243 g/mol. The predicted molar refractivity (Wildman–Crippen MR) is 61.5 cm³/mol. The van der Waals surface area contributed by atoms with Crippen LogP contribution in [0.1, 0.15) is 5.56 Å². The second-order valence-electron chi connectivity index (χ2n) is 3.69. The van der Waals surface area contributed by atoms with Crippen LogP contribution in [0.5, 0.6) is 5.75 Å². The number of anilines is 1. The van der Waals surface area contributed by atoms with Crippen LogP contribution in [0.4, 0.5) is 18.9 Å². The Hall–Kier alpha value is -2.17. The van der Waals surface area contributed by atoms with Gasteiger partial charge in [-0.25, -0.2) is 13.2 Å². The van der Waals surface area contributed by atoms with E-state index in [1.807, 2.05) is 0 Å². The first-order chi connectivity index (χ1) is 8.58. The van der Waals surface area contributed by atoms with E-state index >= 15 is 0 Å². The van der Waals surface area contributed by atoms with Crippen LogP contribution >= 0.6 is 0 Å². The second kappa shape index (κ2) is 5.00. The number of hydrogen-bond acceptors (Lipinski definition) is 2. The average Bonchev–Trinajstić information content (AvgIpc) is 2.33. The smallest absolute Gasteiger partial charge is 0.167 e. The van der Waals surface area contributed by atoms with Crippen molar-refractivity contribution in [1.29, 1.82) is 0 Å². The minimum absolute atomic E-state index is 0.0197. The standard InChI is InChI=1S/C13H10F3NO/c14-10-3-1-2-8(13(10)16)7-18-12-5-4-9(17)6-11(12)15/h1-6H,7,17H2. The highest BCUT2D eigenvalue weighted by Crippen LogP contribution is 2.21. The summed E-state index contributed by atoms with van der Waals surface area (Å²) in [6, 6.07) is 7.62. The highest BCUT2D eigenvalue weighted by Gasteiger charge is 2.09. The first-order valence-electron chi connectivity index (χ1n) is 5.18. The second-order valence-corrected chi connectivity index (χ2v) is 3.69. The Labute approximate surface area is 102 Å². The molecule has 0 aliphatic carbocycles. The molecule has 0 spiro atoms. The van der Waals surface area contributed by atoms with Crippen molar-refractivity contribution in [2.24, 2.45) is 0 Å². The molecule has 0 aromatic heterocycles. The fraction of sp³-hybridized carbons (Fsp3) is 0.0769. The van der Waals surface area contributed by atoms with Crippen molar-refractivity contribution in [3.63, 3.8) is 0 Å². The third-order valence-corrected chi connectivity index (χ3v) is 2.37. The number of nitrogens with two attached hydrogens (primary N) is 1. The minimum Gasteiger partial charge on any atom is -0.486 e. The number of ether oxygens (including phenoxy) is 1. The third-order valence-electron chi connectivity index (χ3n) is 2.37. The van der Waals surface area contributed by atoms with Crippen LogP contribution in [0.3, 0.4) is 0 Å². The van der Waals surface area contributed by atoms with E-state index in [9.17, 15) is 13.2 Å². The molecule has 0 saturated heterocycles. The van der Waals surface area contributed by atoms with Gasteiger partial charge in [0.1, 0.15) is 6.61 Å². The average molecular weight is 253 g/mol. The lowest BCUT2D eigenvalue weighted by atomic mass is 10.2. The van der Waals surface area contributed by atoms with Crippen LogP contribution in [0, 0.1) is 17.5 Å². The van der Waals surface area contributed by atoms with Gasteiger partial charge in [-0.1, -0.05) is 12.1 Å². The lowest BCUT2D eigenvalue weighted by molar-refractivity contribution is 0.282. The maximum atomic E-state index is 13.4. The van der Waals surface area contributed by atoms with Gasteiger partial charge in [-0.05, 0) is 18.2 Å². The van der Waals surface area contributed by atoms with Crippen molar-refractivity contribution in [1.82, 2.24) is 0 Å². The summed E-state index contributed by atoms with van der Waals surface area (Å²) in [7, 11) is 0. The lowest BCUT2D eigenvalue weighted by Crippen LogP contribution is -2.02. The number of rotatable bonds is 3. The van der Waals surface area contributed by atoms with E-state index in [0.29, 0.717) is 0 Å². The van der Waals surface area contributed by atoms with Gasteiger partial charge in [-0.2, -0.15) is 0 Å². The molecule has 0 fully saturated rings. The molecule has 0 amide bonds. The number of hydrogen-bond donors (Lipinski definition) is 1. The van der Waals surface area contributed by atoms with Gasteiger partial charge in [0.15, 0.2) is 23.2 Å². The maximum Gasteiger partial charge on any atom is 0.167 e. The number of nitrogen functional groups attached to an aromatic ring is 1. The Kier molecular flexibility index (Phi) is 3.41. The SMILES string of the molecule is Nc1ccc(OCc2cccc(F)c2F)c(F)c1. The topological polar surface area (TPSA) is 35.2 Å². The molecule has 2 nitrogen and oxygen atoms in total. The summed E-state index contributed by atoms with van der Waals surface area (Å²) < 4.78 is 44.7. The fourth-order valence-corrected chi connectivity index (χ4v) is 1.45. The first kappa shape index (κ1) is 12.3. The van der Waals surface area contributed by atoms with Gasteiger partial charge in [0.05, 0.1) is 0 Å². The summed E-state index contributed by atoms with van der Waals surface area (Å²) in [6.07, 6.45) is 0. The molecule has 0 aliphatic rings. The van der Waals surface area contributed by atoms with Crippen LogP contribution in [0.2, 0.25) is 0 Å². The van der Waals surface area contributed by atoms with Gasteiger partial charge in [0.25, 0.3) is 0 Å². The van der Waals surface area contributed by atoms with E-state index < -0.39 is 17.5 Å². The van der Waals surface area contributed by atoms with Gasteiger partial charge < -0.3 is 10.5 Å². The molecule has 2 N–H and O–H groups in total. The van der Waals surface area contributed by atoms with Crippen molar-refractivity contribution in [3.8, 4) is 5.75 Å². The molecule has 0 radical (unpaired) electrons. The molecule has 5 heteroatoms. The van der Waals surface area contributed by atoms with Crippen LogP contribution in [-0.2, 0) is 6.61 Å². The molecule has 0 bridgehead atoms. The summed E-state index contributed by atoms with van der Waals surface area (Å²) in [5.74, 6) is -2.66. The van der Waals surface area contributed by atoms with Crippen LogP contribution in [0.25, 0.3) is 0 Å².